The molecule has 1 aliphatic rings. The molecule has 0 N–H and O–H groups in total. The maximum atomic E-state index is 12.5. The van der Waals surface area contributed by atoms with Crippen LogP contribution >= 0.6 is 0 Å². The van der Waals surface area contributed by atoms with Gasteiger partial charge in [0.05, 0.1) is 7.11 Å². The van der Waals surface area contributed by atoms with E-state index >= 15 is 0 Å². The molecule has 0 amide bonds. The van der Waals surface area contributed by atoms with Crippen LogP contribution in [0.15, 0.2) is 65.6 Å². The second-order valence-corrected chi connectivity index (χ2v) is 9.01. The summed E-state index contributed by atoms with van der Waals surface area (Å²) in [5.74, 6) is 0.834. The summed E-state index contributed by atoms with van der Waals surface area (Å²) >= 11 is 0. The molecule has 0 aromatic heterocycles. The second-order valence-electron chi connectivity index (χ2n) is 7.32. The normalized spacial score (nSPS) is 15.8. The number of aryl methyl sites for hydroxylation is 2. The number of hydrogen-bond acceptors (Lipinski definition) is 4. The predicted molar refractivity (Wildman–Crippen MR) is 114 cm³/mol. The molecule has 5 heteroatoms. The minimum Gasteiger partial charge on any atom is -0.484 e. The first-order chi connectivity index (χ1) is 13.9. The van der Waals surface area contributed by atoms with Gasteiger partial charge in [0.1, 0.15) is 16.7 Å². The summed E-state index contributed by atoms with van der Waals surface area (Å²) in [5.41, 5.74) is 6.10. The quantitative estimate of drug-likeness (QED) is 0.542. The lowest BCUT2D eigenvalue weighted by Gasteiger charge is -2.17. The van der Waals surface area contributed by atoms with Gasteiger partial charge in [0.2, 0.25) is 0 Å². The van der Waals surface area contributed by atoms with E-state index in [9.17, 15) is 8.42 Å². The Morgan fingerprint density at radius 1 is 1.07 bits per heavy atom. The Morgan fingerprint density at radius 3 is 2.52 bits per heavy atom. The summed E-state index contributed by atoms with van der Waals surface area (Å²) in [6.07, 6.45) is 1.17. The molecule has 0 saturated heterocycles. The maximum absolute atomic E-state index is 12.5. The molecule has 1 atom stereocenters. The fourth-order valence-corrected chi connectivity index (χ4v) is 4.77. The van der Waals surface area contributed by atoms with Gasteiger partial charge in [0.15, 0.2) is 0 Å². The Labute approximate surface area is 172 Å². The first kappa shape index (κ1) is 19.7. The fourth-order valence-electron chi connectivity index (χ4n) is 3.88. The average molecular weight is 409 g/mol. The van der Waals surface area contributed by atoms with E-state index in [4.69, 9.17) is 8.92 Å². The molecule has 0 aliphatic carbocycles. The third-order valence-corrected chi connectivity index (χ3v) is 6.73. The highest BCUT2D eigenvalue weighted by molar-refractivity contribution is 7.86. The van der Waals surface area contributed by atoms with Gasteiger partial charge in [-0.3, -0.25) is 4.18 Å². The van der Waals surface area contributed by atoms with Gasteiger partial charge >= 0.3 is 0 Å². The van der Waals surface area contributed by atoms with E-state index < -0.39 is 10.1 Å². The van der Waals surface area contributed by atoms with E-state index in [1.165, 1.54) is 12.7 Å². The number of ether oxygens (including phenoxy) is 1. The first-order valence-corrected chi connectivity index (χ1v) is 11.1. The highest BCUT2D eigenvalue weighted by atomic mass is 32.2. The molecule has 1 aliphatic heterocycles. The van der Waals surface area contributed by atoms with Crippen molar-refractivity contribution in [3.8, 4) is 16.9 Å². The summed E-state index contributed by atoms with van der Waals surface area (Å²) in [4.78, 5) is 0.167. The van der Waals surface area contributed by atoms with Crippen molar-refractivity contribution in [1.82, 2.24) is 0 Å². The molecule has 1 heterocycles. The van der Waals surface area contributed by atoms with Crippen LogP contribution in [-0.2, 0) is 27.1 Å². The Bertz CT molecular complexity index is 1150. The van der Waals surface area contributed by atoms with Gasteiger partial charge in [-0.2, -0.15) is 8.42 Å². The van der Waals surface area contributed by atoms with Gasteiger partial charge in [0.25, 0.3) is 10.1 Å². The molecule has 0 fully saturated rings. The second kappa shape index (κ2) is 7.65. The minimum atomic E-state index is -3.83. The smallest absolute Gasteiger partial charge is 0.297 e. The molecule has 29 heavy (non-hydrogen) atoms. The molecular weight excluding hydrogens is 384 g/mol. The van der Waals surface area contributed by atoms with Crippen LogP contribution in [0.5, 0.6) is 5.75 Å². The molecule has 4 nitrogen and oxygen atoms in total. The van der Waals surface area contributed by atoms with Gasteiger partial charge in [-0.25, -0.2) is 0 Å². The van der Waals surface area contributed by atoms with Gasteiger partial charge in [-0.05, 0) is 42.2 Å². The molecule has 0 spiro atoms. The van der Waals surface area contributed by atoms with E-state index in [-0.39, 0.29) is 11.0 Å². The van der Waals surface area contributed by atoms with Crippen molar-refractivity contribution in [3.63, 3.8) is 0 Å². The van der Waals surface area contributed by atoms with Crippen molar-refractivity contribution >= 4 is 10.1 Å². The first-order valence-electron chi connectivity index (χ1n) is 9.72. The Hall–Kier alpha value is -2.63. The van der Waals surface area contributed by atoms with E-state index in [0.717, 1.165) is 34.4 Å². The van der Waals surface area contributed by atoms with E-state index in [0.29, 0.717) is 12.0 Å². The summed E-state index contributed by atoms with van der Waals surface area (Å²) < 4.78 is 36.1. The minimum absolute atomic E-state index is 0.167. The Balaban J connectivity index is 1.82. The molecule has 0 saturated carbocycles. The van der Waals surface area contributed by atoms with Crippen molar-refractivity contribution in [2.45, 2.75) is 37.7 Å². The van der Waals surface area contributed by atoms with Crippen molar-refractivity contribution < 1.29 is 17.3 Å². The monoisotopic (exact) mass is 408 g/mol. The van der Waals surface area contributed by atoms with E-state index in [1.54, 1.807) is 12.1 Å². The zero-order valence-electron chi connectivity index (χ0n) is 16.8. The third-order valence-electron chi connectivity index (χ3n) is 5.39. The van der Waals surface area contributed by atoms with Gasteiger partial charge < -0.3 is 4.74 Å². The summed E-state index contributed by atoms with van der Waals surface area (Å²) in [6.45, 7) is 4.08. The molecule has 150 valence electrons. The van der Waals surface area contributed by atoms with Crippen LogP contribution in [0.3, 0.4) is 0 Å². The average Bonchev–Trinajstić information content (AvgIpc) is 3.17. The van der Waals surface area contributed by atoms with Crippen molar-refractivity contribution in [2.75, 3.05) is 7.11 Å². The van der Waals surface area contributed by atoms with Crippen LogP contribution in [-0.4, -0.2) is 15.5 Å². The zero-order chi connectivity index (χ0) is 20.6. The number of fused-ring (bicyclic) bond motifs is 1. The number of benzene rings is 3. The van der Waals surface area contributed by atoms with Crippen LogP contribution < -0.4 is 4.74 Å². The van der Waals surface area contributed by atoms with Crippen LogP contribution in [0.4, 0.5) is 0 Å². The van der Waals surface area contributed by atoms with Gasteiger partial charge in [-0.1, -0.05) is 61.0 Å². The molecular formula is C24H24O4S. The largest absolute Gasteiger partial charge is 0.484 e. The lowest BCUT2D eigenvalue weighted by Crippen LogP contribution is -2.12. The molecule has 0 radical (unpaired) electrons. The lowest BCUT2D eigenvalue weighted by atomic mass is 9.95. The summed E-state index contributed by atoms with van der Waals surface area (Å²) in [5, 5.41) is 0. The van der Waals surface area contributed by atoms with Gasteiger partial charge in [-0.15, -0.1) is 0 Å². The van der Waals surface area contributed by atoms with Crippen LogP contribution in [0.1, 0.15) is 35.3 Å². The topological polar surface area (TPSA) is 52.6 Å². The van der Waals surface area contributed by atoms with Gasteiger partial charge in [0, 0.05) is 17.5 Å². The van der Waals surface area contributed by atoms with Crippen LogP contribution in [0.2, 0.25) is 0 Å². The fraction of sp³-hybridized carbons (Fsp3) is 0.250. The number of rotatable bonds is 5. The molecule has 3 aromatic carbocycles. The standard InChI is InChI=1S/C24H24O4S/c1-4-17-13-19-15-22(21-12-16(2)10-11-23(21)29(25,26)27-3)28-24(19)20(14-17)18-8-6-5-7-9-18/h5-14,22H,4,15H2,1-3H3. The van der Waals surface area contributed by atoms with E-state index in [2.05, 4.69) is 31.2 Å². The van der Waals surface area contributed by atoms with Crippen LogP contribution in [0, 0.1) is 6.92 Å². The third kappa shape index (κ3) is 3.68. The van der Waals surface area contributed by atoms with E-state index in [1.807, 2.05) is 31.2 Å². The molecule has 0 bridgehead atoms. The molecule has 4 rings (SSSR count). The summed E-state index contributed by atoms with van der Waals surface area (Å²) in [6, 6.07) is 19.7. The highest BCUT2D eigenvalue weighted by Crippen LogP contribution is 2.45. The van der Waals surface area contributed by atoms with Crippen molar-refractivity contribution in [3.05, 3.63) is 82.9 Å². The Kier molecular flexibility index (Phi) is 5.19. The van der Waals surface area contributed by atoms with Crippen molar-refractivity contribution in [1.29, 1.82) is 0 Å². The maximum Gasteiger partial charge on any atom is 0.297 e. The van der Waals surface area contributed by atoms with Crippen molar-refractivity contribution in [2.24, 2.45) is 0 Å². The Morgan fingerprint density at radius 2 is 1.83 bits per heavy atom. The highest BCUT2D eigenvalue weighted by Gasteiger charge is 2.32. The number of hydrogen-bond donors (Lipinski definition) is 0. The lowest BCUT2D eigenvalue weighted by molar-refractivity contribution is 0.235. The molecule has 1 unspecified atom stereocenters. The molecule has 3 aromatic rings. The predicted octanol–water partition coefficient (Wildman–Crippen LogP) is 5.24. The summed E-state index contributed by atoms with van der Waals surface area (Å²) in [7, 11) is -2.64. The van der Waals surface area contributed by atoms with Crippen LogP contribution in [0.25, 0.3) is 11.1 Å². The zero-order valence-corrected chi connectivity index (χ0v) is 17.6. The SMILES string of the molecule is CCc1cc2c(c(-c3ccccc3)c1)OC(c1cc(C)ccc1S(=O)(=O)OC)C2.